The fraction of sp³-hybridized carbons (Fsp3) is 0.429. The molecule has 140 valence electrons. The number of ether oxygens (including phenoxy) is 2. The van der Waals surface area contributed by atoms with Crippen molar-refractivity contribution in [2.45, 2.75) is 31.5 Å². The van der Waals surface area contributed by atoms with Gasteiger partial charge in [-0.15, -0.1) is 0 Å². The Morgan fingerprint density at radius 1 is 1.19 bits per heavy atom. The van der Waals surface area contributed by atoms with Gasteiger partial charge in [-0.05, 0) is 43.1 Å². The second-order valence-electron chi connectivity index (χ2n) is 7.52. The van der Waals surface area contributed by atoms with Crippen LogP contribution in [-0.2, 0) is 6.54 Å². The number of likely N-dealkylation sites (tertiary alicyclic amines) is 1. The molecular weight excluding hydrogens is 342 g/mol. The van der Waals surface area contributed by atoms with Crippen LogP contribution in [-0.4, -0.2) is 59.1 Å². The number of carbonyl (C=O) groups excluding carboxylic acids is 1. The van der Waals surface area contributed by atoms with Crippen molar-refractivity contribution in [3.05, 3.63) is 53.9 Å². The number of fused-ring (bicyclic) bond motifs is 2. The van der Waals surface area contributed by atoms with Crippen molar-refractivity contribution in [2.75, 3.05) is 26.2 Å². The minimum Gasteiger partial charge on any atom is -0.486 e. The Kier molecular flexibility index (Phi) is 4.20. The molecule has 1 saturated heterocycles. The molecular formula is C21H23N3O3. The van der Waals surface area contributed by atoms with Crippen LogP contribution in [0.15, 0.2) is 42.7 Å². The van der Waals surface area contributed by atoms with Crippen molar-refractivity contribution in [1.29, 1.82) is 0 Å². The lowest BCUT2D eigenvalue weighted by Crippen LogP contribution is -2.51. The highest BCUT2D eigenvalue weighted by atomic mass is 16.6. The Morgan fingerprint density at radius 2 is 2.07 bits per heavy atom. The van der Waals surface area contributed by atoms with E-state index in [-0.39, 0.29) is 18.1 Å². The Labute approximate surface area is 158 Å². The molecule has 6 heteroatoms. The molecule has 1 aromatic heterocycles. The first-order valence-corrected chi connectivity index (χ1v) is 9.62. The molecule has 0 unspecified atom stereocenters. The van der Waals surface area contributed by atoms with Crippen LogP contribution in [0.2, 0.25) is 0 Å². The third kappa shape index (κ3) is 3.14. The van der Waals surface area contributed by atoms with E-state index in [0.29, 0.717) is 13.2 Å². The van der Waals surface area contributed by atoms with Crippen LogP contribution in [0.3, 0.4) is 0 Å². The standard InChI is InChI=1S/C21H23N3O3/c25-21-18-10-22-8-7-15(18)11-24(21)16-4-3-9-23(12-16)13-17-14-26-19-5-1-2-6-20(19)27-17/h1-2,5-8,10,16-17H,3-4,9,11-14H2/t16-,17-/m0/s1. The lowest BCUT2D eigenvalue weighted by molar-refractivity contribution is 0.0306. The highest BCUT2D eigenvalue weighted by Crippen LogP contribution is 2.32. The predicted octanol–water partition coefficient (Wildman–Crippen LogP) is 2.34. The molecule has 1 aromatic carbocycles. The quantitative estimate of drug-likeness (QED) is 0.836. The van der Waals surface area contributed by atoms with E-state index in [4.69, 9.17) is 9.47 Å². The second kappa shape index (κ2) is 6.85. The average molecular weight is 365 g/mol. The van der Waals surface area contributed by atoms with E-state index in [1.807, 2.05) is 35.2 Å². The van der Waals surface area contributed by atoms with Gasteiger partial charge in [0, 0.05) is 38.1 Å². The number of pyridine rings is 1. The lowest BCUT2D eigenvalue weighted by atomic mass is 10.0. The van der Waals surface area contributed by atoms with Gasteiger partial charge in [-0.3, -0.25) is 14.7 Å². The number of hydrogen-bond acceptors (Lipinski definition) is 5. The number of carbonyl (C=O) groups is 1. The largest absolute Gasteiger partial charge is 0.486 e. The second-order valence-corrected chi connectivity index (χ2v) is 7.52. The van der Waals surface area contributed by atoms with Crippen molar-refractivity contribution >= 4 is 5.91 Å². The SMILES string of the molecule is O=C1c2cnccc2CN1[C@H]1CCCN(C[C@H]2COc3ccccc3O2)C1. The van der Waals surface area contributed by atoms with Crippen LogP contribution in [0.1, 0.15) is 28.8 Å². The van der Waals surface area contributed by atoms with E-state index in [9.17, 15) is 4.79 Å². The maximum Gasteiger partial charge on any atom is 0.256 e. The van der Waals surface area contributed by atoms with E-state index in [2.05, 4.69) is 9.88 Å². The molecule has 6 nitrogen and oxygen atoms in total. The number of benzene rings is 1. The number of nitrogens with zero attached hydrogens (tertiary/aromatic N) is 3. The van der Waals surface area contributed by atoms with Crippen LogP contribution in [0.5, 0.6) is 11.5 Å². The minimum atomic E-state index is 0.0225. The van der Waals surface area contributed by atoms with Gasteiger partial charge < -0.3 is 14.4 Å². The molecule has 0 saturated carbocycles. The molecule has 1 fully saturated rings. The van der Waals surface area contributed by atoms with Crippen molar-refractivity contribution in [1.82, 2.24) is 14.8 Å². The van der Waals surface area contributed by atoms with Crippen molar-refractivity contribution in [3.8, 4) is 11.5 Å². The smallest absolute Gasteiger partial charge is 0.256 e. The van der Waals surface area contributed by atoms with Gasteiger partial charge in [-0.2, -0.15) is 0 Å². The molecule has 2 aromatic rings. The number of amides is 1. The summed E-state index contributed by atoms with van der Waals surface area (Å²) in [5, 5.41) is 0. The number of hydrogen-bond donors (Lipinski definition) is 0. The normalized spacial score (nSPS) is 24.7. The molecule has 1 amide bonds. The summed E-state index contributed by atoms with van der Waals surface area (Å²) in [4.78, 5) is 21.3. The Bertz CT molecular complexity index is 856. The zero-order valence-electron chi connectivity index (χ0n) is 15.2. The number of aromatic nitrogens is 1. The van der Waals surface area contributed by atoms with E-state index >= 15 is 0 Å². The monoisotopic (exact) mass is 365 g/mol. The molecule has 0 radical (unpaired) electrons. The molecule has 5 rings (SSSR count). The van der Waals surface area contributed by atoms with Crippen LogP contribution in [0.4, 0.5) is 0 Å². The molecule has 3 aliphatic heterocycles. The number of para-hydroxylation sites is 2. The minimum absolute atomic E-state index is 0.0225. The topological polar surface area (TPSA) is 54.9 Å². The van der Waals surface area contributed by atoms with Gasteiger partial charge in [0.15, 0.2) is 11.5 Å². The first kappa shape index (κ1) is 16.6. The Balaban J connectivity index is 1.23. The van der Waals surface area contributed by atoms with E-state index in [1.165, 1.54) is 0 Å². The van der Waals surface area contributed by atoms with Crippen molar-refractivity contribution < 1.29 is 14.3 Å². The molecule has 0 bridgehead atoms. The van der Waals surface area contributed by atoms with Gasteiger partial charge in [0.25, 0.3) is 5.91 Å². The zero-order chi connectivity index (χ0) is 18.2. The van der Waals surface area contributed by atoms with Crippen LogP contribution >= 0.6 is 0 Å². The summed E-state index contributed by atoms with van der Waals surface area (Å²) >= 11 is 0. The van der Waals surface area contributed by atoms with Crippen LogP contribution < -0.4 is 9.47 Å². The molecule has 3 aliphatic rings. The summed E-state index contributed by atoms with van der Waals surface area (Å²) in [5.41, 5.74) is 1.85. The molecule has 0 aliphatic carbocycles. The lowest BCUT2D eigenvalue weighted by Gasteiger charge is -2.39. The average Bonchev–Trinajstić information content (AvgIpc) is 3.05. The first-order valence-electron chi connectivity index (χ1n) is 9.62. The number of piperidine rings is 1. The Morgan fingerprint density at radius 3 is 2.96 bits per heavy atom. The molecule has 0 N–H and O–H groups in total. The van der Waals surface area contributed by atoms with Crippen LogP contribution in [0, 0.1) is 0 Å². The third-order valence-electron chi connectivity index (χ3n) is 5.69. The first-order chi connectivity index (χ1) is 13.3. The summed E-state index contributed by atoms with van der Waals surface area (Å²) in [6.07, 6.45) is 5.63. The van der Waals surface area contributed by atoms with Gasteiger partial charge >= 0.3 is 0 Å². The van der Waals surface area contributed by atoms with Gasteiger partial charge in [0.1, 0.15) is 12.7 Å². The summed E-state index contributed by atoms with van der Waals surface area (Å²) < 4.78 is 12.0. The zero-order valence-corrected chi connectivity index (χ0v) is 15.2. The molecule has 27 heavy (non-hydrogen) atoms. The summed E-state index contributed by atoms with van der Waals surface area (Å²) in [6.45, 7) is 4.01. The maximum atomic E-state index is 12.8. The fourth-order valence-electron chi connectivity index (χ4n) is 4.35. The van der Waals surface area contributed by atoms with Crippen molar-refractivity contribution in [2.24, 2.45) is 0 Å². The molecule has 0 spiro atoms. The van der Waals surface area contributed by atoms with Crippen molar-refractivity contribution in [3.63, 3.8) is 0 Å². The van der Waals surface area contributed by atoms with E-state index in [1.54, 1.807) is 12.4 Å². The highest BCUT2D eigenvalue weighted by molar-refractivity contribution is 5.98. The van der Waals surface area contributed by atoms with E-state index < -0.39 is 0 Å². The third-order valence-corrected chi connectivity index (χ3v) is 5.69. The van der Waals surface area contributed by atoms with Gasteiger partial charge in [0.05, 0.1) is 5.56 Å². The maximum absolute atomic E-state index is 12.8. The molecule has 2 atom stereocenters. The summed E-state index contributed by atoms with van der Waals surface area (Å²) in [6, 6.07) is 10.0. The number of rotatable bonds is 3. The fourth-order valence-corrected chi connectivity index (χ4v) is 4.35. The highest BCUT2D eigenvalue weighted by Gasteiger charge is 2.35. The van der Waals surface area contributed by atoms with Gasteiger partial charge in [-0.25, -0.2) is 0 Å². The molecule has 4 heterocycles. The predicted molar refractivity (Wildman–Crippen MR) is 99.9 cm³/mol. The van der Waals surface area contributed by atoms with Crippen LogP contribution in [0.25, 0.3) is 0 Å². The summed E-state index contributed by atoms with van der Waals surface area (Å²) in [5.74, 6) is 1.76. The summed E-state index contributed by atoms with van der Waals surface area (Å²) in [7, 11) is 0. The van der Waals surface area contributed by atoms with Gasteiger partial charge in [0.2, 0.25) is 0 Å². The van der Waals surface area contributed by atoms with E-state index in [0.717, 1.165) is 55.1 Å². The van der Waals surface area contributed by atoms with Gasteiger partial charge in [-0.1, -0.05) is 12.1 Å². The Hall–Kier alpha value is -2.60.